The van der Waals surface area contributed by atoms with E-state index in [1.54, 1.807) is 0 Å². The maximum atomic E-state index is 10.7. The Morgan fingerprint density at radius 2 is 2.11 bits per heavy atom. The Morgan fingerprint density at radius 3 is 2.56 bits per heavy atom. The summed E-state index contributed by atoms with van der Waals surface area (Å²) in [6, 6.07) is 0. The summed E-state index contributed by atoms with van der Waals surface area (Å²) in [5, 5.41) is 3.79. The number of carbonyl (C=O) groups excluding carboxylic acids is 1. The molecule has 0 unspecified atom stereocenters. The van der Waals surface area contributed by atoms with Gasteiger partial charge in [0.1, 0.15) is 0 Å². The van der Waals surface area contributed by atoms with Crippen LogP contribution in [0.25, 0.3) is 0 Å². The van der Waals surface area contributed by atoms with Crippen molar-refractivity contribution in [2.45, 2.75) is 4.58 Å². The lowest BCUT2D eigenvalue weighted by atomic mass is 10.8. The highest BCUT2D eigenvalue weighted by Crippen LogP contribution is 2.33. The second-order valence-electron chi connectivity index (χ2n) is 1.40. The van der Waals surface area contributed by atoms with Crippen LogP contribution in [0.4, 0.5) is 0 Å². The van der Waals surface area contributed by atoms with Crippen LogP contribution in [0.2, 0.25) is 0 Å². The van der Waals surface area contributed by atoms with Crippen LogP contribution in [0.15, 0.2) is 10.8 Å². The summed E-state index contributed by atoms with van der Waals surface area (Å²) in [6.45, 7) is 0. The van der Waals surface area contributed by atoms with E-state index in [4.69, 9.17) is 0 Å². The van der Waals surface area contributed by atoms with Crippen molar-refractivity contribution in [2.24, 2.45) is 0 Å². The summed E-state index contributed by atoms with van der Waals surface area (Å²) in [4.78, 5) is 10.7. The fraction of sp³-hybridized carbons (Fsp3) is 0.400. The molecule has 0 saturated carbocycles. The van der Waals surface area contributed by atoms with Crippen LogP contribution >= 0.6 is 23.5 Å². The summed E-state index contributed by atoms with van der Waals surface area (Å²) in [5.74, 6) is -0.157. The fourth-order valence-corrected chi connectivity index (χ4v) is 2.30. The lowest BCUT2D eigenvalue weighted by Gasteiger charge is -2.02. The van der Waals surface area contributed by atoms with Gasteiger partial charge in [0.15, 0.2) is 4.58 Å². The summed E-state index contributed by atoms with van der Waals surface area (Å²) in [7, 11) is 1.40. The first kappa shape index (κ1) is 7.02. The third kappa shape index (κ3) is 1.66. The van der Waals surface area contributed by atoms with E-state index in [0.717, 1.165) is 0 Å². The minimum atomic E-state index is -0.157. The Labute approximate surface area is 62.0 Å². The minimum absolute atomic E-state index is 0.0602. The lowest BCUT2D eigenvalue weighted by molar-refractivity contribution is -0.138. The SMILES string of the molecule is COC(=O)C1SC=CS1. The fourth-order valence-electron chi connectivity index (χ4n) is 0.446. The van der Waals surface area contributed by atoms with E-state index < -0.39 is 0 Å². The molecule has 0 aliphatic carbocycles. The summed E-state index contributed by atoms with van der Waals surface area (Å²) in [5.41, 5.74) is 0. The van der Waals surface area contributed by atoms with Gasteiger partial charge in [0, 0.05) is 0 Å². The molecule has 0 spiro atoms. The monoisotopic (exact) mass is 162 g/mol. The Morgan fingerprint density at radius 1 is 1.56 bits per heavy atom. The van der Waals surface area contributed by atoms with Gasteiger partial charge in [0.2, 0.25) is 0 Å². The molecule has 1 aliphatic heterocycles. The molecule has 0 aromatic rings. The Bertz CT molecular complexity index is 136. The van der Waals surface area contributed by atoms with Gasteiger partial charge in [0.25, 0.3) is 0 Å². The van der Waals surface area contributed by atoms with Gasteiger partial charge in [0.05, 0.1) is 7.11 Å². The lowest BCUT2D eigenvalue weighted by Crippen LogP contribution is -2.11. The zero-order chi connectivity index (χ0) is 6.69. The zero-order valence-electron chi connectivity index (χ0n) is 4.87. The molecule has 0 atom stereocenters. The molecule has 0 bridgehead atoms. The third-order valence-corrected chi connectivity index (χ3v) is 3.16. The molecule has 50 valence electrons. The Kier molecular flexibility index (Phi) is 2.48. The first-order valence-corrected chi connectivity index (χ1v) is 4.27. The molecule has 0 saturated heterocycles. The van der Waals surface area contributed by atoms with Gasteiger partial charge < -0.3 is 4.74 Å². The van der Waals surface area contributed by atoms with Gasteiger partial charge >= 0.3 is 5.97 Å². The van der Waals surface area contributed by atoms with E-state index in [0.29, 0.717) is 0 Å². The van der Waals surface area contributed by atoms with Gasteiger partial charge in [-0.1, -0.05) is 0 Å². The molecule has 9 heavy (non-hydrogen) atoms. The molecule has 1 rings (SSSR count). The first-order chi connectivity index (χ1) is 4.34. The van der Waals surface area contributed by atoms with E-state index in [2.05, 4.69) is 4.74 Å². The van der Waals surface area contributed by atoms with Gasteiger partial charge in [-0.15, -0.1) is 23.5 Å². The maximum absolute atomic E-state index is 10.7. The molecule has 0 fully saturated rings. The van der Waals surface area contributed by atoms with Crippen LogP contribution in [0, 0.1) is 0 Å². The third-order valence-electron chi connectivity index (χ3n) is 0.854. The predicted octanol–water partition coefficient (Wildman–Crippen LogP) is 1.44. The predicted molar refractivity (Wildman–Crippen MR) is 40.1 cm³/mol. The number of hydrogen-bond acceptors (Lipinski definition) is 4. The molecule has 0 aromatic carbocycles. The van der Waals surface area contributed by atoms with Crippen molar-refractivity contribution in [3.63, 3.8) is 0 Å². The summed E-state index contributed by atoms with van der Waals surface area (Å²) < 4.78 is 4.45. The standard InChI is InChI=1S/C5H6O2S2/c1-7-4(6)5-8-2-3-9-5/h2-3,5H,1H3. The molecule has 1 aliphatic rings. The summed E-state index contributed by atoms with van der Waals surface area (Å²) >= 11 is 2.97. The first-order valence-electron chi connectivity index (χ1n) is 2.38. The highest BCUT2D eigenvalue weighted by atomic mass is 32.2. The van der Waals surface area contributed by atoms with E-state index in [9.17, 15) is 4.79 Å². The van der Waals surface area contributed by atoms with Gasteiger partial charge in [-0.05, 0) is 10.8 Å². The molecular weight excluding hydrogens is 156 g/mol. The molecule has 2 nitrogen and oxygen atoms in total. The minimum Gasteiger partial charge on any atom is -0.468 e. The second-order valence-corrected chi connectivity index (χ2v) is 3.73. The largest absolute Gasteiger partial charge is 0.468 e. The van der Waals surface area contributed by atoms with Crippen LogP contribution in [0.3, 0.4) is 0 Å². The van der Waals surface area contributed by atoms with Crippen molar-refractivity contribution in [3.05, 3.63) is 10.8 Å². The average molecular weight is 162 g/mol. The number of hydrogen-bond donors (Lipinski definition) is 0. The molecule has 0 N–H and O–H groups in total. The highest BCUT2D eigenvalue weighted by molar-refractivity contribution is 8.23. The topological polar surface area (TPSA) is 26.3 Å². The molecule has 1 heterocycles. The molecule has 0 radical (unpaired) electrons. The van der Waals surface area contributed by atoms with Crippen LogP contribution < -0.4 is 0 Å². The normalized spacial score (nSPS) is 18.3. The number of thioether (sulfide) groups is 2. The number of ether oxygens (including phenoxy) is 1. The number of esters is 1. The zero-order valence-corrected chi connectivity index (χ0v) is 6.50. The van der Waals surface area contributed by atoms with E-state index in [1.807, 2.05) is 10.8 Å². The number of rotatable bonds is 1. The molecule has 0 amide bonds. The maximum Gasteiger partial charge on any atom is 0.329 e. The Balaban J connectivity index is 2.36. The van der Waals surface area contributed by atoms with Crippen molar-refractivity contribution in [1.82, 2.24) is 0 Å². The molecule has 4 heteroatoms. The number of carbonyl (C=O) groups is 1. The van der Waals surface area contributed by atoms with E-state index in [-0.39, 0.29) is 10.6 Å². The molecule has 0 aromatic heterocycles. The highest BCUT2D eigenvalue weighted by Gasteiger charge is 2.20. The van der Waals surface area contributed by atoms with Crippen LogP contribution in [0.1, 0.15) is 0 Å². The van der Waals surface area contributed by atoms with Crippen molar-refractivity contribution < 1.29 is 9.53 Å². The van der Waals surface area contributed by atoms with Gasteiger partial charge in [-0.3, -0.25) is 0 Å². The van der Waals surface area contributed by atoms with Crippen LogP contribution in [0.5, 0.6) is 0 Å². The van der Waals surface area contributed by atoms with Crippen molar-refractivity contribution >= 4 is 29.5 Å². The molecular formula is C5H6O2S2. The van der Waals surface area contributed by atoms with Crippen molar-refractivity contribution in [3.8, 4) is 0 Å². The number of methoxy groups -OCH3 is 1. The van der Waals surface area contributed by atoms with Crippen molar-refractivity contribution in [2.75, 3.05) is 7.11 Å². The van der Waals surface area contributed by atoms with Crippen LogP contribution in [-0.4, -0.2) is 17.7 Å². The smallest absolute Gasteiger partial charge is 0.329 e. The van der Waals surface area contributed by atoms with Gasteiger partial charge in [-0.25, -0.2) is 4.79 Å². The second kappa shape index (κ2) is 3.17. The van der Waals surface area contributed by atoms with Crippen molar-refractivity contribution in [1.29, 1.82) is 0 Å². The quantitative estimate of drug-likeness (QED) is 0.545. The van der Waals surface area contributed by atoms with Crippen LogP contribution in [-0.2, 0) is 9.53 Å². The van der Waals surface area contributed by atoms with Gasteiger partial charge in [-0.2, -0.15) is 0 Å². The average Bonchev–Trinajstić information content (AvgIpc) is 2.37. The van der Waals surface area contributed by atoms with E-state index >= 15 is 0 Å². The van der Waals surface area contributed by atoms with E-state index in [1.165, 1.54) is 30.6 Å². The Hall–Kier alpha value is -0.0900. The summed E-state index contributed by atoms with van der Waals surface area (Å²) in [6.07, 6.45) is 0.